The number of benzene rings is 2. The summed E-state index contributed by atoms with van der Waals surface area (Å²) in [6.45, 7) is 0. The molecule has 0 unspecified atom stereocenters. The van der Waals surface area contributed by atoms with Crippen molar-refractivity contribution >= 4 is 17.1 Å². The van der Waals surface area contributed by atoms with Gasteiger partial charge in [-0.25, -0.2) is 0 Å². The molecule has 2 aromatic rings. The molecule has 0 fully saturated rings. The third-order valence-electron chi connectivity index (χ3n) is 2.00. The van der Waals surface area contributed by atoms with Crippen molar-refractivity contribution in [2.45, 2.75) is 0 Å². The Kier molecular flexibility index (Phi) is 3.13. The van der Waals surface area contributed by atoms with Gasteiger partial charge in [0.15, 0.2) is 0 Å². The monoisotopic (exact) mass is 209 g/mol. The van der Waals surface area contributed by atoms with E-state index in [0.29, 0.717) is 5.69 Å². The van der Waals surface area contributed by atoms with Crippen LogP contribution in [0.4, 0.5) is 17.1 Å². The standard InChI is InChI=1S/C12H9N4/c13-14-10-6-8-12(9-7-10)16-15-11-4-2-1-3-5-11/h1-9H. The molecular weight excluding hydrogens is 200 g/mol. The lowest BCUT2D eigenvalue weighted by Gasteiger charge is -1.93. The molecule has 0 saturated heterocycles. The number of hydrogen-bond acceptors (Lipinski definition) is 3. The van der Waals surface area contributed by atoms with Crippen LogP contribution in [0.1, 0.15) is 0 Å². The Hall–Kier alpha value is -2.36. The van der Waals surface area contributed by atoms with Crippen LogP contribution in [-0.2, 0) is 0 Å². The minimum atomic E-state index is 0.499. The summed E-state index contributed by atoms with van der Waals surface area (Å²) in [6.07, 6.45) is 0. The zero-order valence-electron chi connectivity index (χ0n) is 8.49. The van der Waals surface area contributed by atoms with Crippen LogP contribution in [0, 0.1) is 0 Å². The zero-order chi connectivity index (χ0) is 11.2. The molecular formula is C12H9N4. The second-order valence-electron chi connectivity index (χ2n) is 3.15. The van der Waals surface area contributed by atoms with Crippen LogP contribution in [0.3, 0.4) is 0 Å². The van der Waals surface area contributed by atoms with Crippen molar-refractivity contribution < 1.29 is 0 Å². The van der Waals surface area contributed by atoms with E-state index in [1.165, 1.54) is 0 Å². The molecule has 16 heavy (non-hydrogen) atoms. The molecule has 0 N–H and O–H groups in total. The second-order valence-corrected chi connectivity index (χ2v) is 3.15. The first-order chi connectivity index (χ1) is 7.88. The summed E-state index contributed by atoms with van der Waals surface area (Å²) < 4.78 is 0. The van der Waals surface area contributed by atoms with Crippen molar-refractivity contribution in [3.8, 4) is 0 Å². The molecule has 0 aliphatic carbocycles. The normalized spacial score (nSPS) is 10.5. The van der Waals surface area contributed by atoms with Gasteiger partial charge in [-0.3, -0.25) is 0 Å². The lowest BCUT2D eigenvalue weighted by molar-refractivity contribution is 1.22. The number of hydrogen-bond donors (Lipinski definition) is 0. The highest BCUT2D eigenvalue weighted by Crippen LogP contribution is 2.20. The van der Waals surface area contributed by atoms with Crippen LogP contribution < -0.4 is 5.53 Å². The van der Waals surface area contributed by atoms with Gasteiger partial charge in [0.25, 0.3) is 0 Å². The Bertz CT molecular complexity index is 488. The van der Waals surface area contributed by atoms with Gasteiger partial charge in [-0.2, -0.15) is 10.2 Å². The first-order valence-electron chi connectivity index (χ1n) is 4.80. The minimum absolute atomic E-state index is 0.499. The molecule has 1 radical (unpaired) electrons. The molecule has 4 heteroatoms. The smallest absolute Gasteiger partial charge is 0.0877 e. The lowest BCUT2D eigenvalue weighted by Crippen LogP contribution is -1.65. The third kappa shape index (κ3) is 2.57. The van der Waals surface area contributed by atoms with Gasteiger partial charge in [0.1, 0.15) is 0 Å². The molecule has 77 valence electrons. The molecule has 2 rings (SSSR count). The van der Waals surface area contributed by atoms with Crippen molar-refractivity contribution in [1.29, 1.82) is 0 Å². The van der Waals surface area contributed by atoms with Crippen LogP contribution >= 0.6 is 0 Å². The Morgan fingerprint density at radius 3 is 1.69 bits per heavy atom. The van der Waals surface area contributed by atoms with Gasteiger partial charge in [-0.15, -0.1) is 5.11 Å². The summed E-state index contributed by atoms with van der Waals surface area (Å²) >= 11 is 0. The van der Waals surface area contributed by atoms with E-state index < -0.39 is 0 Å². The molecule has 0 aromatic heterocycles. The predicted octanol–water partition coefficient (Wildman–Crippen LogP) is 3.99. The summed E-state index contributed by atoms with van der Waals surface area (Å²) in [5.41, 5.74) is 10.5. The van der Waals surface area contributed by atoms with Gasteiger partial charge in [0.2, 0.25) is 0 Å². The molecule has 0 heterocycles. The van der Waals surface area contributed by atoms with E-state index in [4.69, 9.17) is 5.53 Å². The second kappa shape index (κ2) is 4.93. The molecule has 0 aliphatic heterocycles. The fraction of sp³-hybridized carbons (Fsp3) is 0. The summed E-state index contributed by atoms with van der Waals surface area (Å²) in [5.74, 6) is 0. The molecule has 0 aliphatic rings. The third-order valence-corrected chi connectivity index (χ3v) is 2.00. The van der Waals surface area contributed by atoms with E-state index in [0.717, 1.165) is 11.4 Å². The van der Waals surface area contributed by atoms with Crippen LogP contribution in [0.5, 0.6) is 0 Å². The van der Waals surface area contributed by atoms with Crippen molar-refractivity contribution in [2.24, 2.45) is 15.3 Å². The van der Waals surface area contributed by atoms with Crippen LogP contribution in [0.25, 0.3) is 0 Å². The highest BCUT2D eigenvalue weighted by Gasteiger charge is 1.91. The van der Waals surface area contributed by atoms with E-state index in [-0.39, 0.29) is 0 Å². The van der Waals surface area contributed by atoms with Crippen LogP contribution in [0.15, 0.2) is 69.9 Å². The van der Waals surface area contributed by atoms with Gasteiger partial charge in [0, 0.05) is 0 Å². The largest absolute Gasteiger partial charge is 0.151 e. The van der Waals surface area contributed by atoms with Crippen molar-refractivity contribution in [2.75, 3.05) is 0 Å². The topological polar surface area (TPSA) is 59.4 Å². The number of rotatable bonds is 3. The zero-order valence-corrected chi connectivity index (χ0v) is 8.49. The molecule has 2 aromatic carbocycles. The summed E-state index contributed by atoms with van der Waals surface area (Å²) in [4.78, 5) is 0. The van der Waals surface area contributed by atoms with Gasteiger partial charge < -0.3 is 0 Å². The van der Waals surface area contributed by atoms with Crippen molar-refractivity contribution in [3.05, 3.63) is 54.6 Å². The van der Waals surface area contributed by atoms with Gasteiger partial charge >= 0.3 is 0 Å². The molecule has 4 nitrogen and oxygen atoms in total. The first kappa shape index (κ1) is 10.2. The van der Waals surface area contributed by atoms with E-state index in [1.807, 2.05) is 30.3 Å². The molecule has 0 saturated carbocycles. The fourth-order valence-electron chi connectivity index (χ4n) is 1.20. The van der Waals surface area contributed by atoms with Crippen LogP contribution in [0.2, 0.25) is 0 Å². The maximum absolute atomic E-state index is 8.51. The average Bonchev–Trinajstić information content (AvgIpc) is 2.38. The summed E-state index contributed by atoms with van der Waals surface area (Å²) in [7, 11) is 0. The van der Waals surface area contributed by atoms with Crippen molar-refractivity contribution in [3.63, 3.8) is 0 Å². The Labute approximate surface area is 93.2 Å². The SMILES string of the molecule is [N]=Nc1ccc(N=Nc2ccccc2)cc1. The fourth-order valence-corrected chi connectivity index (χ4v) is 1.20. The Balaban J connectivity index is 2.14. The Morgan fingerprint density at radius 2 is 1.12 bits per heavy atom. The first-order valence-corrected chi connectivity index (χ1v) is 4.80. The van der Waals surface area contributed by atoms with Crippen molar-refractivity contribution in [1.82, 2.24) is 5.53 Å². The maximum atomic E-state index is 8.51. The molecule has 0 bridgehead atoms. The van der Waals surface area contributed by atoms with Gasteiger partial charge in [-0.05, 0) is 41.9 Å². The molecule has 0 atom stereocenters. The molecule has 0 spiro atoms. The highest BCUT2D eigenvalue weighted by molar-refractivity contribution is 5.47. The van der Waals surface area contributed by atoms with E-state index in [1.54, 1.807) is 24.3 Å². The quantitative estimate of drug-likeness (QED) is 0.686. The summed E-state index contributed by atoms with van der Waals surface area (Å²) in [5, 5.41) is 11.2. The predicted molar refractivity (Wildman–Crippen MR) is 61.3 cm³/mol. The maximum Gasteiger partial charge on any atom is 0.0877 e. The minimum Gasteiger partial charge on any atom is -0.151 e. The lowest BCUT2D eigenvalue weighted by atomic mass is 10.3. The number of azo groups is 1. The average molecular weight is 209 g/mol. The van der Waals surface area contributed by atoms with E-state index in [2.05, 4.69) is 15.3 Å². The summed E-state index contributed by atoms with van der Waals surface area (Å²) in [6, 6.07) is 16.3. The van der Waals surface area contributed by atoms with E-state index in [9.17, 15) is 0 Å². The molecule has 0 amide bonds. The van der Waals surface area contributed by atoms with Gasteiger partial charge in [0.05, 0.1) is 17.1 Å². The number of nitrogens with zero attached hydrogens (tertiary/aromatic N) is 4. The highest BCUT2D eigenvalue weighted by atomic mass is 15.1. The van der Waals surface area contributed by atoms with E-state index >= 15 is 0 Å². The Morgan fingerprint density at radius 1 is 0.625 bits per heavy atom. The van der Waals surface area contributed by atoms with Crippen LogP contribution in [-0.4, -0.2) is 0 Å². The van der Waals surface area contributed by atoms with Gasteiger partial charge in [-0.1, -0.05) is 18.2 Å².